The van der Waals surface area contributed by atoms with Crippen LogP contribution in [0.3, 0.4) is 0 Å². The third kappa shape index (κ3) is 6.21. The first-order valence-corrected chi connectivity index (χ1v) is 10.2. The maximum Gasteiger partial charge on any atom is 0.341 e. The Bertz CT molecular complexity index is 883. The molecule has 2 N–H and O–H groups in total. The zero-order valence-corrected chi connectivity index (χ0v) is 16.8. The fraction of sp³-hybridized carbons (Fsp3) is 0.471. The van der Waals surface area contributed by atoms with E-state index >= 15 is 0 Å². The van der Waals surface area contributed by atoms with Crippen LogP contribution in [0.5, 0.6) is 0 Å². The fourth-order valence-corrected chi connectivity index (χ4v) is 3.86. The van der Waals surface area contributed by atoms with E-state index in [4.69, 9.17) is 9.47 Å². The van der Waals surface area contributed by atoms with Crippen LogP contribution in [0.2, 0.25) is 0 Å². The molecule has 2 rings (SSSR count). The Morgan fingerprint density at radius 1 is 1.24 bits per heavy atom. The first-order valence-electron chi connectivity index (χ1n) is 8.76. The number of imide groups is 1. The number of esters is 1. The van der Waals surface area contributed by atoms with Gasteiger partial charge in [-0.15, -0.1) is 0 Å². The molecule has 12 heteroatoms. The number of rotatable bonds is 6. The number of carbonyl (C=O) groups is 3. The second-order valence-corrected chi connectivity index (χ2v) is 8.35. The number of ether oxygens (including phenoxy) is 2. The molecule has 0 bridgehead atoms. The summed E-state index contributed by atoms with van der Waals surface area (Å²) in [6, 6.07) is 1.74. The Balaban J connectivity index is 2.06. The van der Waals surface area contributed by atoms with Crippen molar-refractivity contribution in [1.29, 1.82) is 0 Å². The summed E-state index contributed by atoms with van der Waals surface area (Å²) in [6.45, 7) is 3.26. The lowest BCUT2D eigenvalue weighted by Crippen LogP contribution is -2.44. The summed E-state index contributed by atoms with van der Waals surface area (Å²) < 4.78 is 50.3. The van der Waals surface area contributed by atoms with Crippen molar-refractivity contribution in [3.8, 4) is 0 Å². The molecule has 1 heterocycles. The summed E-state index contributed by atoms with van der Waals surface area (Å²) in [7, 11) is -3.95. The lowest BCUT2D eigenvalue weighted by Gasteiger charge is -2.26. The Labute approximate surface area is 167 Å². The van der Waals surface area contributed by atoms with Gasteiger partial charge in [0.15, 0.2) is 6.61 Å². The van der Waals surface area contributed by atoms with Crippen molar-refractivity contribution in [2.75, 3.05) is 32.9 Å². The molecule has 0 saturated carbocycles. The Kier molecular flexibility index (Phi) is 7.65. The maximum absolute atomic E-state index is 14.0. The second kappa shape index (κ2) is 9.76. The van der Waals surface area contributed by atoms with Gasteiger partial charge in [0.25, 0.3) is 5.91 Å². The van der Waals surface area contributed by atoms with Crippen molar-refractivity contribution in [2.45, 2.75) is 24.8 Å². The van der Waals surface area contributed by atoms with Gasteiger partial charge in [0.05, 0.1) is 23.7 Å². The molecule has 160 valence electrons. The second-order valence-electron chi connectivity index (χ2n) is 6.41. The number of morpholine rings is 1. The molecule has 29 heavy (non-hydrogen) atoms. The van der Waals surface area contributed by atoms with Gasteiger partial charge in [0, 0.05) is 19.1 Å². The Morgan fingerprint density at radius 3 is 2.52 bits per heavy atom. The van der Waals surface area contributed by atoms with Crippen LogP contribution in [-0.4, -0.2) is 69.6 Å². The van der Waals surface area contributed by atoms with Gasteiger partial charge in [-0.1, -0.05) is 0 Å². The van der Waals surface area contributed by atoms with Gasteiger partial charge in [-0.2, -0.15) is 4.31 Å². The van der Waals surface area contributed by atoms with Crippen LogP contribution in [0.4, 0.5) is 9.18 Å². The molecule has 1 saturated heterocycles. The van der Waals surface area contributed by atoms with Crippen molar-refractivity contribution in [2.24, 2.45) is 0 Å². The lowest BCUT2D eigenvalue weighted by molar-refractivity contribution is -0.123. The van der Waals surface area contributed by atoms with E-state index in [1.165, 1.54) is 4.31 Å². The van der Waals surface area contributed by atoms with Gasteiger partial charge in [-0.25, -0.2) is 22.4 Å². The smallest absolute Gasteiger partial charge is 0.341 e. The van der Waals surface area contributed by atoms with Gasteiger partial charge in [0.2, 0.25) is 10.0 Å². The topological polar surface area (TPSA) is 131 Å². The maximum atomic E-state index is 14.0. The first-order chi connectivity index (χ1) is 13.6. The predicted octanol–water partition coefficient (Wildman–Crippen LogP) is 0.238. The lowest BCUT2D eigenvalue weighted by atomic mass is 10.2. The number of urea groups is 1. The fourth-order valence-electron chi connectivity index (χ4n) is 2.43. The molecule has 3 amide bonds. The first kappa shape index (κ1) is 22.7. The quantitative estimate of drug-likeness (QED) is 0.617. The minimum atomic E-state index is -3.95. The van der Waals surface area contributed by atoms with Crippen LogP contribution in [0.25, 0.3) is 0 Å². The van der Waals surface area contributed by atoms with Gasteiger partial charge in [-0.3, -0.25) is 10.1 Å². The van der Waals surface area contributed by atoms with E-state index in [0.717, 1.165) is 18.2 Å². The van der Waals surface area contributed by atoms with Crippen LogP contribution in [0.15, 0.2) is 23.1 Å². The highest BCUT2D eigenvalue weighted by molar-refractivity contribution is 7.89. The third-order valence-corrected chi connectivity index (χ3v) is 5.67. The molecular weight excluding hydrogens is 409 g/mol. The molecule has 0 aliphatic carbocycles. The summed E-state index contributed by atoms with van der Waals surface area (Å²) in [4.78, 5) is 34.9. The molecule has 0 aromatic heterocycles. The molecule has 1 aliphatic rings. The molecule has 10 nitrogen and oxygen atoms in total. The number of halogens is 1. The van der Waals surface area contributed by atoms with Crippen molar-refractivity contribution in [3.63, 3.8) is 0 Å². The number of amides is 3. The number of benzene rings is 1. The van der Waals surface area contributed by atoms with Gasteiger partial charge < -0.3 is 14.8 Å². The van der Waals surface area contributed by atoms with Crippen LogP contribution in [-0.2, 0) is 24.3 Å². The number of sulfonamides is 1. The number of hydrogen-bond acceptors (Lipinski definition) is 7. The van der Waals surface area contributed by atoms with Crippen LogP contribution in [0.1, 0.15) is 24.2 Å². The number of hydrogen-bond donors (Lipinski definition) is 2. The Morgan fingerprint density at radius 2 is 1.90 bits per heavy atom. The van der Waals surface area contributed by atoms with Gasteiger partial charge in [-0.05, 0) is 32.0 Å². The number of carbonyl (C=O) groups excluding carboxylic acids is 3. The highest BCUT2D eigenvalue weighted by Crippen LogP contribution is 2.20. The van der Waals surface area contributed by atoms with Crippen molar-refractivity contribution < 1.29 is 36.7 Å². The van der Waals surface area contributed by atoms with Crippen LogP contribution in [0, 0.1) is 5.82 Å². The minimum Gasteiger partial charge on any atom is -0.452 e. The molecule has 1 aliphatic heterocycles. The molecule has 0 unspecified atom stereocenters. The van der Waals surface area contributed by atoms with Gasteiger partial charge in [0.1, 0.15) is 5.82 Å². The monoisotopic (exact) mass is 431 g/mol. The molecule has 1 fully saturated rings. The molecular formula is C17H22FN3O7S. The summed E-state index contributed by atoms with van der Waals surface area (Å²) in [5.74, 6) is -3.16. The van der Waals surface area contributed by atoms with E-state index in [9.17, 15) is 27.2 Å². The average molecular weight is 431 g/mol. The van der Waals surface area contributed by atoms with Crippen LogP contribution < -0.4 is 10.6 Å². The molecule has 1 aromatic carbocycles. The van der Waals surface area contributed by atoms with Gasteiger partial charge >= 0.3 is 12.0 Å². The summed E-state index contributed by atoms with van der Waals surface area (Å²) in [5.41, 5.74) is -0.640. The molecule has 0 radical (unpaired) electrons. The number of nitrogens with one attached hydrogen (secondary N) is 2. The SMILES string of the molecule is CC(C)NC(=O)NC(=O)COC(=O)c1cc(S(=O)(=O)N2CCOCC2)ccc1F. The van der Waals surface area contributed by atoms with E-state index in [0.29, 0.717) is 0 Å². The normalized spacial score (nSPS) is 15.0. The highest BCUT2D eigenvalue weighted by atomic mass is 32.2. The minimum absolute atomic E-state index is 0.137. The predicted molar refractivity (Wildman–Crippen MR) is 98.1 cm³/mol. The average Bonchev–Trinajstić information content (AvgIpc) is 2.66. The molecule has 1 aromatic rings. The zero-order valence-electron chi connectivity index (χ0n) is 15.9. The number of nitrogens with zero attached hydrogens (tertiary/aromatic N) is 1. The highest BCUT2D eigenvalue weighted by Gasteiger charge is 2.28. The largest absolute Gasteiger partial charge is 0.452 e. The molecule has 0 spiro atoms. The van der Waals surface area contributed by atoms with Crippen molar-refractivity contribution >= 4 is 27.9 Å². The standard InChI is InChI=1S/C17H22FN3O7S/c1-11(2)19-17(24)20-15(22)10-28-16(23)13-9-12(3-4-14(13)18)29(25,26)21-5-7-27-8-6-21/h3-4,9,11H,5-8,10H2,1-2H3,(H2,19,20,22,24). The Hall–Kier alpha value is -2.57. The zero-order chi connectivity index (χ0) is 21.6. The van der Waals surface area contributed by atoms with E-state index in [-0.39, 0.29) is 37.2 Å². The van der Waals surface area contributed by atoms with Crippen molar-refractivity contribution in [1.82, 2.24) is 14.9 Å². The van der Waals surface area contributed by atoms with E-state index in [1.807, 2.05) is 5.32 Å². The summed E-state index contributed by atoms with van der Waals surface area (Å²) in [6.07, 6.45) is 0. The van der Waals surface area contributed by atoms with Crippen LogP contribution >= 0.6 is 0 Å². The van der Waals surface area contributed by atoms with E-state index in [1.54, 1.807) is 13.8 Å². The molecule has 0 atom stereocenters. The summed E-state index contributed by atoms with van der Waals surface area (Å²) in [5, 5.41) is 4.34. The third-order valence-electron chi connectivity index (χ3n) is 3.77. The van der Waals surface area contributed by atoms with Crippen molar-refractivity contribution in [3.05, 3.63) is 29.6 Å². The van der Waals surface area contributed by atoms with E-state index in [2.05, 4.69) is 5.32 Å². The summed E-state index contributed by atoms with van der Waals surface area (Å²) >= 11 is 0. The van der Waals surface area contributed by atoms with E-state index < -0.39 is 45.9 Å².